The second kappa shape index (κ2) is 6.06. The van der Waals surface area contributed by atoms with Gasteiger partial charge in [0.15, 0.2) is 5.75 Å². The molecule has 0 aliphatic carbocycles. The van der Waals surface area contributed by atoms with E-state index in [1.165, 1.54) is 5.56 Å². The van der Waals surface area contributed by atoms with E-state index in [0.717, 1.165) is 18.6 Å². The number of benzene rings is 1. The minimum Gasteiger partial charge on any atom is -0.337 e. The van der Waals surface area contributed by atoms with Crippen LogP contribution in [0.25, 0.3) is 0 Å². The van der Waals surface area contributed by atoms with Crippen molar-refractivity contribution in [3.8, 4) is 5.75 Å². The van der Waals surface area contributed by atoms with Gasteiger partial charge in [-0.15, -0.1) is 0 Å². The van der Waals surface area contributed by atoms with E-state index in [2.05, 4.69) is 32.9 Å². The lowest BCUT2D eigenvalue weighted by Crippen LogP contribution is -2.25. The van der Waals surface area contributed by atoms with Crippen molar-refractivity contribution in [1.82, 2.24) is 0 Å². The monoisotopic (exact) mass is 236 g/mol. The molecule has 1 aromatic carbocycles. The van der Waals surface area contributed by atoms with E-state index >= 15 is 0 Å². The average Bonchev–Trinajstić information content (AvgIpc) is 2.27. The molecule has 0 saturated carbocycles. The third-order valence-corrected chi connectivity index (χ3v) is 2.76. The van der Waals surface area contributed by atoms with Gasteiger partial charge in [-0.25, -0.2) is 0 Å². The molecule has 0 atom stereocenters. The van der Waals surface area contributed by atoms with Crippen molar-refractivity contribution < 1.29 is 9.78 Å². The van der Waals surface area contributed by atoms with Gasteiger partial charge in [-0.05, 0) is 43.9 Å². The highest BCUT2D eigenvalue weighted by Gasteiger charge is 2.19. The topological polar surface area (TPSA) is 18.5 Å². The van der Waals surface area contributed by atoms with E-state index in [9.17, 15) is 0 Å². The summed E-state index contributed by atoms with van der Waals surface area (Å²) in [4.78, 5) is 10.8. The molecule has 1 rings (SSSR count). The molecular formula is C15H24O2. The molecule has 0 saturated heterocycles. The summed E-state index contributed by atoms with van der Waals surface area (Å²) < 4.78 is 0. The zero-order valence-corrected chi connectivity index (χ0v) is 11.6. The Morgan fingerprint density at radius 1 is 1.12 bits per heavy atom. The van der Waals surface area contributed by atoms with Gasteiger partial charge >= 0.3 is 0 Å². The molecule has 0 radical (unpaired) electrons. The molecule has 0 aliphatic rings. The van der Waals surface area contributed by atoms with Crippen molar-refractivity contribution in [2.75, 3.05) is 0 Å². The Kier molecular flexibility index (Phi) is 5.01. The van der Waals surface area contributed by atoms with Gasteiger partial charge in [0.25, 0.3) is 0 Å². The van der Waals surface area contributed by atoms with E-state index in [0.29, 0.717) is 5.92 Å². The molecule has 0 amide bonds. The fourth-order valence-electron chi connectivity index (χ4n) is 1.71. The number of hydrogen-bond donors (Lipinski definition) is 0. The molecule has 2 heteroatoms. The van der Waals surface area contributed by atoms with Gasteiger partial charge < -0.3 is 4.89 Å². The van der Waals surface area contributed by atoms with Gasteiger partial charge in [-0.1, -0.05) is 39.3 Å². The highest BCUT2D eigenvalue weighted by atomic mass is 17.2. The summed E-state index contributed by atoms with van der Waals surface area (Å²) in [7, 11) is 0. The van der Waals surface area contributed by atoms with E-state index in [4.69, 9.17) is 9.78 Å². The maximum absolute atomic E-state index is 5.46. The van der Waals surface area contributed by atoms with Crippen LogP contribution >= 0.6 is 0 Å². The maximum atomic E-state index is 5.46. The van der Waals surface area contributed by atoms with Crippen molar-refractivity contribution in [1.29, 1.82) is 0 Å². The van der Waals surface area contributed by atoms with E-state index < -0.39 is 0 Å². The predicted molar refractivity (Wildman–Crippen MR) is 71.2 cm³/mol. The molecule has 2 nitrogen and oxygen atoms in total. The quantitative estimate of drug-likeness (QED) is 0.526. The van der Waals surface area contributed by atoms with Gasteiger partial charge in [0.05, 0.1) is 0 Å². The molecule has 17 heavy (non-hydrogen) atoms. The van der Waals surface area contributed by atoms with Gasteiger partial charge in [0.1, 0.15) is 5.60 Å². The number of hydrogen-bond acceptors (Lipinski definition) is 2. The van der Waals surface area contributed by atoms with E-state index in [-0.39, 0.29) is 5.60 Å². The van der Waals surface area contributed by atoms with Crippen LogP contribution in [0.1, 0.15) is 58.9 Å². The Bertz CT molecular complexity index is 325. The summed E-state index contributed by atoms with van der Waals surface area (Å²) in [5, 5.41) is 0. The number of rotatable bonds is 6. The first-order valence-electron chi connectivity index (χ1n) is 6.40. The van der Waals surface area contributed by atoms with Crippen molar-refractivity contribution in [2.24, 2.45) is 0 Å². The van der Waals surface area contributed by atoms with Crippen LogP contribution in [0.5, 0.6) is 5.75 Å². The van der Waals surface area contributed by atoms with Crippen LogP contribution in [0.2, 0.25) is 0 Å². The van der Waals surface area contributed by atoms with Crippen LogP contribution < -0.4 is 4.89 Å². The van der Waals surface area contributed by atoms with Crippen LogP contribution in [-0.2, 0) is 4.89 Å². The lowest BCUT2D eigenvalue weighted by atomic mass is 10.0. The van der Waals surface area contributed by atoms with Gasteiger partial charge in [0, 0.05) is 0 Å². The average molecular weight is 236 g/mol. The Balaban J connectivity index is 2.52. The van der Waals surface area contributed by atoms with Crippen molar-refractivity contribution >= 4 is 0 Å². The van der Waals surface area contributed by atoms with Gasteiger partial charge in [-0.2, -0.15) is 4.89 Å². The maximum Gasteiger partial charge on any atom is 0.165 e. The summed E-state index contributed by atoms with van der Waals surface area (Å²) in [5.41, 5.74) is 1.08. The standard InChI is InChI=1S/C15H24O2/c1-6-11-15(4,5)17-16-14-9-7-13(8-10-14)12(2)3/h7-10,12H,6,11H2,1-5H3. The zero-order valence-electron chi connectivity index (χ0n) is 11.6. The van der Waals surface area contributed by atoms with Crippen LogP contribution in [0, 0.1) is 0 Å². The predicted octanol–water partition coefficient (Wildman–Crippen LogP) is 4.70. The Morgan fingerprint density at radius 2 is 1.71 bits per heavy atom. The molecule has 0 unspecified atom stereocenters. The molecule has 1 aromatic rings. The van der Waals surface area contributed by atoms with Crippen molar-refractivity contribution in [3.63, 3.8) is 0 Å². The molecule has 0 aliphatic heterocycles. The zero-order chi connectivity index (χ0) is 12.9. The van der Waals surface area contributed by atoms with E-state index in [1.54, 1.807) is 0 Å². The fourth-order valence-corrected chi connectivity index (χ4v) is 1.71. The first-order valence-corrected chi connectivity index (χ1v) is 6.40. The van der Waals surface area contributed by atoms with Crippen LogP contribution in [0.4, 0.5) is 0 Å². The molecule has 0 spiro atoms. The Labute approximate surface area is 105 Å². The summed E-state index contributed by atoms with van der Waals surface area (Å²) >= 11 is 0. The third-order valence-electron chi connectivity index (χ3n) is 2.76. The van der Waals surface area contributed by atoms with Crippen LogP contribution in [-0.4, -0.2) is 5.60 Å². The fraction of sp³-hybridized carbons (Fsp3) is 0.600. The lowest BCUT2D eigenvalue weighted by Gasteiger charge is -2.22. The molecule has 96 valence electrons. The lowest BCUT2D eigenvalue weighted by molar-refractivity contribution is -0.282. The normalized spacial score (nSPS) is 11.9. The molecule has 0 N–H and O–H groups in total. The second-order valence-electron chi connectivity index (χ2n) is 5.40. The highest BCUT2D eigenvalue weighted by molar-refractivity contribution is 5.28. The van der Waals surface area contributed by atoms with Crippen LogP contribution in [0.15, 0.2) is 24.3 Å². The summed E-state index contributed by atoms with van der Waals surface area (Å²) in [6, 6.07) is 8.07. The van der Waals surface area contributed by atoms with Gasteiger partial charge in [0.2, 0.25) is 0 Å². The second-order valence-corrected chi connectivity index (χ2v) is 5.40. The molecular weight excluding hydrogens is 212 g/mol. The molecule has 0 bridgehead atoms. The minimum atomic E-state index is -0.231. The summed E-state index contributed by atoms with van der Waals surface area (Å²) in [6.45, 7) is 10.6. The summed E-state index contributed by atoms with van der Waals surface area (Å²) in [6.07, 6.45) is 2.07. The third kappa shape index (κ3) is 4.78. The Morgan fingerprint density at radius 3 is 2.18 bits per heavy atom. The molecule has 0 aromatic heterocycles. The Hall–Kier alpha value is -1.02. The van der Waals surface area contributed by atoms with Crippen LogP contribution in [0.3, 0.4) is 0 Å². The van der Waals surface area contributed by atoms with Gasteiger partial charge in [-0.3, -0.25) is 0 Å². The summed E-state index contributed by atoms with van der Waals surface area (Å²) in [5.74, 6) is 1.31. The first kappa shape index (κ1) is 14.0. The largest absolute Gasteiger partial charge is 0.337 e. The van der Waals surface area contributed by atoms with Crippen molar-refractivity contribution in [3.05, 3.63) is 29.8 Å². The minimum absolute atomic E-state index is 0.231. The smallest absolute Gasteiger partial charge is 0.165 e. The SMILES string of the molecule is CCCC(C)(C)OOc1ccc(C(C)C)cc1. The van der Waals surface area contributed by atoms with Crippen molar-refractivity contribution in [2.45, 2.75) is 59.0 Å². The highest BCUT2D eigenvalue weighted by Crippen LogP contribution is 2.22. The molecule has 0 heterocycles. The van der Waals surface area contributed by atoms with E-state index in [1.807, 2.05) is 26.0 Å². The molecule has 0 fully saturated rings. The first-order chi connectivity index (χ1) is 7.94.